The molecule has 1 saturated carbocycles. The Hall–Kier alpha value is -1.79. The molecule has 0 amide bonds. The van der Waals surface area contributed by atoms with E-state index in [-0.39, 0.29) is 0 Å². The van der Waals surface area contributed by atoms with E-state index in [2.05, 4.69) is 46.7 Å². The number of para-hydroxylation sites is 1. The Morgan fingerprint density at radius 1 is 1.22 bits per heavy atom. The van der Waals surface area contributed by atoms with Gasteiger partial charge in [-0.25, -0.2) is 4.99 Å². The summed E-state index contributed by atoms with van der Waals surface area (Å²) in [7, 11) is 0. The molecule has 1 aliphatic heterocycles. The maximum Gasteiger partial charge on any atom is 0.191 e. The quantitative estimate of drug-likeness (QED) is 0.374. The predicted molar refractivity (Wildman–Crippen MR) is 110 cm³/mol. The summed E-state index contributed by atoms with van der Waals surface area (Å²) in [6.45, 7) is 9.74. The van der Waals surface area contributed by atoms with Crippen molar-refractivity contribution in [3.63, 3.8) is 0 Å². The summed E-state index contributed by atoms with van der Waals surface area (Å²) in [5.74, 6) is 1.71. The van der Waals surface area contributed by atoms with Crippen LogP contribution in [0.25, 0.3) is 0 Å². The zero-order valence-corrected chi connectivity index (χ0v) is 16.6. The largest absolute Gasteiger partial charge is 0.381 e. The van der Waals surface area contributed by atoms with Gasteiger partial charge in [0.15, 0.2) is 5.96 Å². The molecular formula is C21H34N4O2. The molecule has 150 valence electrons. The second-order valence-corrected chi connectivity index (χ2v) is 7.22. The zero-order chi connectivity index (χ0) is 18.7. The summed E-state index contributed by atoms with van der Waals surface area (Å²) in [5.41, 5.74) is 2.53. The number of nitrogens with one attached hydrogen (secondary N) is 2. The number of hydrogen-bond acceptors (Lipinski definition) is 4. The van der Waals surface area contributed by atoms with Crippen LogP contribution >= 0.6 is 0 Å². The van der Waals surface area contributed by atoms with Crippen LogP contribution in [0, 0.1) is 5.92 Å². The van der Waals surface area contributed by atoms with Gasteiger partial charge in [0.25, 0.3) is 0 Å². The molecule has 0 unspecified atom stereocenters. The molecule has 1 aromatic carbocycles. The summed E-state index contributed by atoms with van der Waals surface area (Å²) < 4.78 is 11.2. The fourth-order valence-electron chi connectivity index (χ4n) is 3.18. The van der Waals surface area contributed by atoms with Crippen molar-refractivity contribution in [2.75, 3.05) is 57.5 Å². The number of rotatable bonds is 10. The summed E-state index contributed by atoms with van der Waals surface area (Å²) in [5, 5.41) is 6.75. The highest BCUT2D eigenvalue weighted by molar-refractivity contribution is 5.79. The molecule has 2 aliphatic rings. The Kier molecular flexibility index (Phi) is 8.24. The van der Waals surface area contributed by atoms with E-state index in [1.165, 1.54) is 24.1 Å². The monoisotopic (exact) mass is 374 g/mol. The Morgan fingerprint density at radius 2 is 2.04 bits per heavy atom. The van der Waals surface area contributed by atoms with Crippen LogP contribution < -0.4 is 15.5 Å². The van der Waals surface area contributed by atoms with Crippen LogP contribution in [0.15, 0.2) is 29.3 Å². The lowest BCUT2D eigenvalue weighted by molar-refractivity contribution is 0.122. The van der Waals surface area contributed by atoms with E-state index in [0.29, 0.717) is 6.54 Å². The van der Waals surface area contributed by atoms with Gasteiger partial charge in [-0.05, 0) is 43.7 Å². The van der Waals surface area contributed by atoms with Crippen molar-refractivity contribution < 1.29 is 9.47 Å². The first kappa shape index (κ1) is 20.0. The SMILES string of the molecule is CCNC(=NCc1ccccc1N1CCOCC1)NCCCOCC1CC1. The van der Waals surface area contributed by atoms with Crippen molar-refractivity contribution in [3.05, 3.63) is 29.8 Å². The third-order valence-corrected chi connectivity index (χ3v) is 4.90. The van der Waals surface area contributed by atoms with Crippen LogP contribution in [-0.2, 0) is 16.0 Å². The highest BCUT2D eigenvalue weighted by Gasteiger charge is 2.20. The minimum atomic E-state index is 0.668. The maximum absolute atomic E-state index is 5.70. The van der Waals surface area contributed by atoms with E-state index in [9.17, 15) is 0 Å². The lowest BCUT2D eigenvalue weighted by atomic mass is 10.1. The molecule has 1 heterocycles. The molecule has 0 aromatic heterocycles. The van der Waals surface area contributed by atoms with Crippen molar-refractivity contribution >= 4 is 11.6 Å². The molecule has 2 N–H and O–H groups in total. The van der Waals surface area contributed by atoms with Crippen LogP contribution in [0.2, 0.25) is 0 Å². The van der Waals surface area contributed by atoms with Gasteiger partial charge in [0.05, 0.1) is 19.8 Å². The minimum Gasteiger partial charge on any atom is -0.381 e. The van der Waals surface area contributed by atoms with Crippen LogP contribution in [0.4, 0.5) is 5.69 Å². The van der Waals surface area contributed by atoms with E-state index in [4.69, 9.17) is 14.5 Å². The molecule has 2 fully saturated rings. The minimum absolute atomic E-state index is 0.668. The molecule has 1 aromatic rings. The lowest BCUT2D eigenvalue weighted by Crippen LogP contribution is -2.38. The Balaban J connectivity index is 1.48. The van der Waals surface area contributed by atoms with Gasteiger partial charge in [-0.3, -0.25) is 0 Å². The number of benzene rings is 1. The summed E-state index contributed by atoms with van der Waals surface area (Å²) in [6.07, 6.45) is 3.70. The highest BCUT2D eigenvalue weighted by atomic mass is 16.5. The van der Waals surface area contributed by atoms with Gasteiger partial charge in [0, 0.05) is 45.1 Å². The number of aliphatic imine (C=N–C) groups is 1. The smallest absolute Gasteiger partial charge is 0.191 e. The number of guanidine groups is 1. The van der Waals surface area contributed by atoms with Gasteiger partial charge in [0.2, 0.25) is 0 Å². The molecule has 1 saturated heterocycles. The normalized spacial score (nSPS) is 17.8. The number of hydrogen-bond donors (Lipinski definition) is 2. The predicted octanol–water partition coefficient (Wildman–Crippen LogP) is 2.40. The molecule has 0 bridgehead atoms. The number of nitrogens with zero attached hydrogens (tertiary/aromatic N) is 2. The Labute approximate surface area is 163 Å². The second-order valence-electron chi connectivity index (χ2n) is 7.22. The molecule has 3 rings (SSSR count). The number of morpholine rings is 1. The van der Waals surface area contributed by atoms with Gasteiger partial charge in [-0.1, -0.05) is 18.2 Å². The fraction of sp³-hybridized carbons (Fsp3) is 0.667. The van der Waals surface area contributed by atoms with Gasteiger partial charge < -0.3 is 25.0 Å². The van der Waals surface area contributed by atoms with Crippen LogP contribution in [0.3, 0.4) is 0 Å². The molecule has 0 radical (unpaired) electrons. The van der Waals surface area contributed by atoms with E-state index >= 15 is 0 Å². The van der Waals surface area contributed by atoms with E-state index in [1.807, 2.05) is 0 Å². The third kappa shape index (κ3) is 7.03. The average Bonchev–Trinajstić information content (AvgIpc) is 3.54. The van der Waals surface area contributed by atoms with Crippen LogP contribution in [0.5, 0.6) is 0 Å². The van der Waals surface area contributed by atoms with Gasteiger partial charge >= 0.3 is 0 Å². The fourth-order valence-corrected chi connectivity index (χ4v) is 3.18. The number of anilines is 1. The van der Waals surface area contributed by atoms with Crippen molar-refractivity contribution in [2.45, 2.75) is 32.7 Å². The third-order valence-electron chi connectivity index (χ3n) is 4.90. The maximum atomic E-state index is 5.70. The summed E-state index contributed by atoms with van der Waals surface area (Å²) in [4.78, 5) is 7.19. The topological polar surface area (TPSA) is 58.1 Å². The molecule has 6 nitrogen and oxygen atoms in total. The highest BCUT2D eigenvalue weighted by Crippen LogP contribution is 2.28. The average molecular weight is 375 g/mol. The van der Waals surface area contributed by atoms with Crippen LogP contribution in [-0.4, -0.2) is 58.6 Å². The summed E-state index contributed by atoms with van der Waals surface area (Å²) >= 11 is 0. The van der Waals surface area contributed by atoms with Crippen molar-refractivity contribution in [2.24, 2.45) is 10.9 Å². The standard InChI is InChI=1S/C21H34N4O2/c1-2-22-21(23-10-5-13-27-17-18-8-9-18)24-16-19-6-3-4-7-20(19)25-11-14-26-15-12-25/h3-4,6-7,18H,2,5,8-17H2,1H3,(H2,22,23,24). The Morgan fingerprint density at radius 3 is 2.81 bits per heavy atom. The van der Waals surface area contributed by atoms with E-state index < -0.39 is 0 Å². The molecule has 0 atom stereocenters. The van der Waals surface area contributed by atoms with E-state index in [1.54, 1.807) is 0 Å². The zero-order valence-electron chi connectivity index (χ0n) is 16.6. The van der Waals surface area contributed by atoms with Gasteiger partial charge in [-0.2, -0.15) is 0 Å². The molecular weight excluding hydrogens is 340 g/mol. The summed E-state index contributed by atoms with van der Waals surface area (Å²) in [6, 6.07) is 8.55. The lowest BCUT2D eigenvalue weighted by Gasteiger charge is -2.30. The first-order valence-electron chi connectivity index (χ1n) is 10.4. The molecule has 0 spiro atoms. The van der Waals surface area contributed by atoms with Crippen molar-refractivity contribution in [1.29, 1.82) is 0 Å². The van der Waals surface area contributed by atoms with Gasteiger partial charge in [0.1, 0.15) is 0 Å². The molecule has 6 heteroatoms. The van der Waals surface area contributed by atoms with Crippen molar-refractivity contribution in [1.82, 2.24) is 10.6 Å². The van der Waals surface area contributed by atoms with E-state index in [0.717, 1.165) is 70.9 Å². The molecule has 1 aliphatic carbocycles. The first-order valence-corrected chi connectivity index (χ1v) is 10.4. The second kappa shape index (κ2) is 11.1. The van der Waals surface area contributed by atoms with Gasteiger partial charge in [-0.15, -0.1) is 0 Å². The Bertz CT molecular complexity index is 583. The molecule has 27 heavy (non-hydrogen) atoms. The van der Waals surface area contributed by atoms with Crippen LogP contribution in [0.1, 0.15) is 31.7 Å². The number of ether oxygens (including phenoxy) is 2. The van der Waals surface area contributed by atoms with Crippen molar-refractivity contribution in [3.8, 4) is 0 Å². The first-order chi connectivity index (χ1) is 13.4.